The number of anilines is 1. The standard InChI is InChI=1S/C26H26F4N4O/c1-15(2)24-32-13-17(14-33-24)25(35)34-23-20(19-5-3-4-6-21(19)27)11-12-31-22(23)16-7-9-18(10-8-16)26(28,29)30/h3-6,11-16,18H,7-10H2,1-2H3,(H,34,35). The van der Waals surface area contributed by atoms with Crippen LogP contribution >= 0.6 is 0 Å². The number of hydrogen-bond donors (Lipinski definition) is 1. The number of rotatable bonds is 5. The fourth-order valence-electron chi connectivity index (χ4n) is 4.46. The lowest BCUT2D eigenvalue weighted by molar-refractivity contribution is -0.182. The first-order valence-corrected chi connectivity index (χ1v) is 11.6. The number of carbonyl (C=O) groups is 1. The molecule has 35 heavy (non-hydrogen) atoms. The molecule has 0 aliphatic heterocycles. The lowest BCUT2D eigenvalue weighted by Crippen LogP contribution is -2.28. The van der Waals surface area contributed by atoms with Gasteiger partial charge in [-0.25, -0.2) is 14.4 Å². The zero-order valence-electron chi connectivity index (χ0n) is 19.4. The van der Waals surface area contributed by atoms with Crippen LogP contribution in [-0.4, -0.2) is 27.0 Å². The monoisotopic (exact) mass is 486 g/mol. The molecule has 0 atom stereocenters. The maximum absolute atomic E-state index is 14.7. The zero-order chi connectivity index (χ0) is 25.2. The van der Waals surface area contributed by atoms with Crippen LogP contribution in [-0.2, 0) is 0 Å². The maximum atomic E-state index is 14.7. The number of halogens is 4. The van der Waals surface area contributed by atoms with Gasteiger partial charge in [-0.3, -0.25) is 9.78 Å². The highest BCUT2D eigenvalue weighted by molar-refractivity contribution is 6.06. The van der Waals surface area contributed by atoms with Gasteiger partial charge in [-0.15, -0.1) is 0 Å². The summed E-state index contributed by atoms with van der Waals surface area (Å²) >= 11 is 0. The summed E-state index contributed by atoms with van der Waals surface area (Å²) in [5.74, 6) is -1.94. The number of nitrogens with zero attached hydrogens (tertiary/aromatic N) is 3. The van der Waals surface area contributed by atoms with E-state index in [4.69, 9.17) is 0 Å². The van der Waals surface area contributed by atoms with Crippen LogP contribution < -0.4 is 5.32 Å². The Bertz CT molecular complexity index is 1190. The first-order chi connectivity index (χ1) is 16.6. The Labute approximate surface area is 201 Å². The highest BCUT2D eigenvalue weighted by atomic mass is 19.4. The molecule has 0 bridgehead atoms. The summed E-state index contributed by atoms with van der Waals surface area (Å²) < 4.78 is 54.3. The van der Waals surface area contributed by atoms with E-state index in [9.17, 15) is 22.4 Å². The van der Waals surface area contributed by atoms with E-state index >= 15 is 0 Å². The van der Waals surface area contributed by atoms with Gasteiger partial charge in [-0.2, -0.15) is 13.2 Å². The van der Waals surface area contributed by atoms with Gasteiger partial charge >= 0.3 is 6.18 Å². The lowest BCUT2D eigenvalue weighted by Gasteiger charge is -2.31. The third-order valence-corrected chi connectivity index (χ3v) is 6.41. The average Bonchev–Trinajstić information content (AvgIpc) is 2.84. The quantitative estimate of drug-likeness (QED) is 0.399. The molecule has 1 aliphatic rings. The van der Waals surface area contributed by atoms with Gasteiger partial charge in [0.2, 0.25) is 0 Å². The molecule has 0 saturated heterocycles. The molecular weight excluding hydrogens is 460 g/mol. The van der Waals surface area contributed by atoms with Crippen LogP contribution in [0.5, 0.6) is 0 Å². The van der Waals surface area contributed by atoms with Crippen molar-refractivity contribution in [3.63, 3.8) is 0 Å². The summed E-state index contributed by atoms with van der Waals surface area (Å²) in [5.41, 5.74) is 1.65. The van der Waals surface area contributed by atoms with E-state index in [1.54, 1.807) is 24.3 Å². The number of nitrogens with one attached hydrogen (secondary N) is 1. The van der Waals surface area contributed by atoms with Gasteiger partial charge < -0.3 is 5.32 Å². The summed E-state index contributed by atoms with van der Waals surface area (Å²) in [4.78, 5) is 26.0. The number of amides is 1. The minimum absolute atomic E-state index is 0.0162. The number of hydrogen-bond acceptors (Lipinski definition) is 4. The van der Waals surface area contributed by atoms with Crippen molar-refractivity contribution in [2.75, 3.05) is 5.32 Å². The van der Waals surface area contributed by atoms with Crippen molar-refractivity contribution in [3.8, 4) is 11.1 Å². The Morgan fingerprint density at radius 2 is 1.63 bits per heavy atom. The van der Waals surface area contributed by atoms with Gasteiger partial charge in [-0.05, 0) is 37.8 Å². The second-order valence-corrected chi connectivity index (χ2v) is 9.13. The number of carbonyl (C=O) groups excluding carboxylic acids is 1. The zero-order valence-corrected chi connectivity index (χ0v) is 19.4. The molecule has 1 N–H and O–H groups in total. The summed E-state index contributed by atoms with van der Waals surface area (Å²) in [6.07, 6.45) is 0.626. The van der Waals surface area contributed by atoms with E-state index in [1.807, 2.05) is 13.8 Å². The van der Waals surface area contributed by atoms with Crippen LogP contribution in [0.15, 0.2) is 48.9 Å². The highest BCUT2D eigenvalue weighted by Gasteiger charge is 2.42. The summed E-state index contributed by atoms with van der Waals surface area (Å²) in [6.45, 7) is 3.87. The lowest BCUT2D eigenvalue weighted by atomic mass is 9.79. The van der Waals surface area contributed by atoms with Crippen LogP contribution in [0.2, 0.25) is 0 Å². The molecular formula is C26H26F4N4O. The topological polar surface area (TPSA) is 67.8 Å². The molecule has 184 valence electrons. The smallest absolute Gasteiger partial charge is 0.320 e. The molecule has 0 unspecified atom stereocenters. The molecule has 9 heteroatoms. The highest BCUT2D eigenvalue weighted by Crippen LogP contribution is 2.45. The number of alkyl halides is 3. The van der Waals surface area contributed by atoms with Crippen molar-refractivity contribution in [1.82, 2.24) is 15.0 Å². The Morgan fingerprint density at radius 3 is 2.23 bits per heavy atom. The van der Waals surface area contributed by atoms with Crippen LogP contribution in [0.3, 0.4) is 0 Å². The second-order valence-electron chi connectivity index (χ2n) is 9.13. The summed E-state index contributed by atoms with van der Waals surface area (Å²) in [7, 11) is 0. The molecule has 1 fully saturated rings. The van der Waals surface area contributed by atoms with Crippen LogP contribution in [0, 0.1) is 11.7 Å². The minimum atomic E-state index is -4.23. The number of pyridine rings is 1. The second kappa shape index (κ2) is 10.1. The molecule has 0 radical (unpaired) electrons. The SMILES string of the molecule is CC(C)c1ncc(C(=O)Nc2c(-c3ccccc3F)ccnc2C2CCC(C(F)(F)F)CC2)cn1. The van der Waals surface area contributed by atoms with Crippen LogP contribution in [0.4, 0.5) is 23.2 Å². The van der Waals surface area contributed by atoms with Gasteiger partial charge in [0.25, 0.3) is 5.91 Å². The minimum Gasteiger partial charge on any atom is -0.320 e. The van der Waals surface area contributed by atoms with E-state index in [2.05, 4.69) is 20.3 Å². The van der Waals surface area contributed by atoms with Gasteiger partial charge in [0.15, 0.2) is 0 Å². The number of aromatic nitrogens is 3. The largest absolute Gasteiger partial charge is 0.391 e. The Kier molecular flexibility index (Phi) is 7.14. The van der Waals surface area contributed by atoms with E-state index in [0.717, 1.165) is 0 Å². The van der Waals surface area contributed by atoms with Crippen molar-refractivity contribution in [3.05, 3.63) is 71.8 Å². The molecule has 5 nitrogen and oxygen atoms in total. The van der Waals surface area contributed by atoms with Crippen molar-refractivity contribution >= 4 is 11.6 Å². The maximum Gasteiger partial charge on any atom is 0.391 e. The van der Waals surface area contributed by atoms with Gasteiger partial charge in [0, 0.05) is 41.6 Å². The molecule has 1 amide bonds. The normalized spacial score (nSPS) is 18.5. The van der Waals surface area contributed by atoms with E-state index in [0.29, 0.717) is 22.8 Å². The predicted molar refractivity (Wildman–Crippen MR) is 124 cm³/mol. The van der Waals surface area contributed by atoms with Crippen molar-refractivity contribution < 1.29 is 22.4 Å². The molecule has 2 heterocycles. The van der Waals surface area contributed by atoms with Gasteiger partial charge in [0.05, 0.1) is 22.9 Å². The first-order valence-electron chi connectivity index (χ1n) is 11.6. The molecule has 1 aliphatic carbocycles. The fourth-order valence-corrected chi connectivity index (χ4v) is 4.46. The molecule has 2 aromatic heterocycles. The van der Waals surface area contributed by atoms with Crippen LogP contribution in [0.1, 0.15) is 73.2 Å². The van der Waals surface area contributed by atoms with E-state index in [1.165, 1.54) is 24.7 Å². The Hall–Kier alpha value is -3.36. The Balaban J connectivity index is 1.70. The Morgan fingerprint density at radius 1 is 0.971 bits per heavy atom. The molecule has 3 aromatic rings. The molecule has 1 aromatic carbocycles. The van der Waals surface area contributed by atoms with Crippen molar-refractivity contribution in [2.24, 2.45) is 5.92 Å². The average molecular weight is 487 g/mol. The third-order valence-electron chi connectivity index (χ3n) is 6.41. The van der Waals surface area contributed by atoms with E-state index in [-0.39, 0.29) is 48.6 Å². The molecule has 0 spiro atoms. The first kappa shape index (κ1) is 24.8. The number of benzene rings is 1. The summed E-state index contributed by atoms with van der Waals surface area (Å²) in [6, 6.07) is 7.73. The van der Waals surface area contributed by atoms with Gasteiger partial charge in [0.1, 0.15) is 11.6 Å². The van der Waals surface area contributed by atoms with E-state index < -0.39 is 23.8 Å². The molecule has 1 saturated carbocycles. The summed E-state index contributed by atoms with van der Waals surface area (Å²) in [5, 5.41) is 2.84. The molecule has 4 rings (SSSR count). The fraction of sp³-hybridized carbons (Fsp3) is 0.385. The van der Waals surface area contributed by atoms with Crippen molar-refractivity contribution in [1.29, 1.82) is 0 Å². The van der Waals surface area contributed by atoms with Gasteiger partial charge in [-0.1, -0.05) is 32.0 Å². The third kappa shape index (κ3) is 5.49. The predicted octanol–water partition coefficient (Wildman–Crippen LogP) is 6.89. The van der Waals surface area contributed by atoms with Crippen LogP contribution in [0.25, 0.3) is 11.1 Å². The van der Waals surface area contributed by atoms with Crippen molar-refractivity contribution in [2.45, 2.75) is 57.5 Å².